The molecule has 1 saturated heterocycles. The quantitative estimate of drug-likeness (QED) is 0.625. The molecule has 5 nitrogen and oxygen atoms in total. The summed E-state index contributed by atoms with van der Waals surface area (Å²) in [6.45, 7) is 4.12. The van der Waals surface area contributed by atoms with Gasteiger partial charge in [0.05, 0.1) is 0 Å². The van der Waals surface area contributed by atoms with Gasteiger partial charge in [-0.05, 0) is 13.3 Å². The number of guanidine groups is 2. The lowest BCUT2D eigenvalue weighted by Crippen LogP contribution is -2.54. The fraction of sp³-hybridized carbons (Fsp3) is 0.750. The number of aliphatic imine (C=N–C) groups is 2. The molecule has 80 valence electrons. The average molecular weight is 218 g/mol. The molecule has 0 radical (unpaired) electrons. The van der Waals surface area contributed by atoms with Crippen molar-refractivity contribution >= 4 is 24.3 Å². The molecule has 2 N–H and O–H groups in total. The van der Waals surface area contributed by atoms with Gasteiger partial charge in [-0.15, -0.1) is 12.4 Å². The Labute approximate surface area is 90.1 Å². The lowest BCUT2D eigenvalue weighted by atomic mass is 10.2. The normalized spacial score (nSPS) is 26.0. The second kappa shape index (κ2) is 4.04. The van der Waals surface area contributed by atoms with Gasteiger partial charge in [-0.25, -0.2) is 4.99 Å². The van der Waals surface area contributed by atoms with Gasteiger partial charge in [-0.3, -0.25) is 0 Å². The highest BCUT2D eigenvalue weighted by molar-refractivity contribution is 5.96. The molecule has 0 amide bonds. The first kappa shape index (κ1) is 11.1. The number of fused-ring (bicyclic) bond motifs is 1. The largest absolute Gasteiger partial charge is 0.368 e. The minimum atomic E-state index is 0. The predicted octanol–water partition coefficient (Wildman–Crippen LogP) is 0.0760. The maximum atomic E-state index is 5.60. The van der Waals surface area contributed by atoms with E-state index in [9.17, 15) is 0 Å². The summed E-state index contributed by atoms with van der Waals surface area (Å²) in [4.78, 5) is 12.7. The molecule has 0 saturated carbocycles. The van der Waals surface area contributed by atoms with Gasteiger partial charge in [-0.2, -0.15) is 4.99 Å². The van der Waals surface area contributed by atoms with E-state index < -0.39 is 0 Å². The third-order valence-electron chi connectivity index (χ3n) is 2.48. The average Bonchev–Trinajstić information content (AvgIpc) is 2.07. The van der Waals surface area contributed by atoms with Crippen LogP contribution in [0.5, 0.6) is 0 Å². The minimum absolute atomic E-state index is 0. The van der Waals surface area contributed by atoms with E-state index in [2.05, 4.69) is 19.8 Å². The molecular weight excluding hydrogens is 202 g/mol. The molecule has 0 aromatic carbocycles. The van der Waals surface area contributed by atoms with E-state index in [0.717, 1.165) is 25.5 Å². The molecule has 2 heterocycles. The first-order chi connectivity index (χ1) is 6.18. The van der Waals surface area contributed by atoms with E-state index in [-0.39, 0.29) is 18.6 Å². The van der Waals surface area contributed by atoms with Crippen LogP contribution < -0.4 is 5.73 Å². The fourth-order valence-electron chi connectivity index (χ4n) is 1.79. The number of nitrogens with two attached hydrogens (primary N) is 1. The van der Waals surface area contributed by atoms with Crippen LogP contribution in [0.25, 0.3) is 0 Å². The molecule has 14 heavy (non-hydrogen) atoms. The zero-order valence-corrected chi connectivity index (χ0v) is 9.29. The number of hydrogen-bond acceptors (Lipinski definition) is 5. The summed E-state index contributed by atoms with van der Waals surface area (Å²) in [6, 6.07) is 0. The zero-order chi connectivity index (χ0) is 9.42. The monoisotopic (exact) mass is 217 g/mol. The van der Waals surface area contributed by atoms with Crippen LogP contribution >= 0.6 is 12.4 Å². The Kier molecular flexibility index (Phi) is 3.21. The van der Waals surface area contributed by atoms with E-state index in [1.165, 1.54) is 0 Å². The lowest BCUT2D eigenvalue weighted by Gasteiger charge is -2.40. The van der Waals surface area contributed by atoms with Crippen molar-refractivity contribution in [3.63, 3.8) is 0 Å². The molecule has 0 spiro atoms. The summed E-state index contributed by atoms with van der Waals surface area (Å²) in [7, 11) is 2.04. The van der Waals surface area contributed by atoms with E-state index >= 15 is 0 Å². The van der Waals surface area contributed by atoms with E-state index in [1.54, 1.807) is 0 Å². The molecule has 2 aliphatic heterocycles. The lowest BCUT2D eigenvalue weighted by molar-refractivity contribution is 0.237. The third kappa shape index (κ3) is 1.77. The second-order valence-electron chi connectivity index (χ2n) is 3.50. The number of rotatable bonds is 0. The fourth-order valence-corrected chi connectivity index (χ4v) is 1.79. The van der Waals surface area contributed by atoms with Crippen LogP contribution in [0.15, 0.2) is 9.98 Å². The SMILES string of the molecule is C[C@@H]1N=C(N)N=C2N(C)CCCN21.Cl. The van der Waals surface area contributed by atoms with Crippen molar-refractivity contribution in [3.05, 3.63) is 0 Å². The maximum Gasteiger partial charge on any atom is 0.220 e. The topological polar surface area (TPSA) is 57.2 Å². The van der Waals surface area contributed by atoms with Crippen molar-refractivity contribution in [1.29, 1.82) is 0 Å². The number of nitrogens with zero attached hydrogens (tertiary/aromatic N) is 4. The highest BCUT2D eigenvalue weighted by atomic mass is 35.5. The Hall–Kier alpha value is -0.970. The molecule has 0 aromatic heterocycles. The van der Waals surface area contributed by atoms with Crippen LogP contribution in [0.2, 0.25) is 0 Å². The summed E-state index contributed by atoms with van der Waals surface area (Å²) >= 11 is 0. The molecule has 1 fully saturated rings. The van der Waals surface area contributed by atoms with Gasteiger partial charge >= 0.3 is 0 Å². The zero-order valence-electron chi connectivity index (χ0n) is 8.47. The van der Waals surface area contributed by atoms with Gasteiger partial charge in [0.25, 0.3) is 0 Å². The summed E-state index contributed by atoms with van der Waals surface area (Å²) in [5, 5.41) is 0. The van der Waals surface area contributed by atoms with Gasteiger partial charge in [0, 0.05) is 20.1 Å². The van der Waals surface area contributed by atoms with Crippen molar-refractivity contribution in [3.8, 4) is 0 Å². The molecule has 2 aliphatic rings. The first-order valence-corrected chi connectivity index (χ1v) is 4.58. The minimum Gasteiger partial charge on any atom is -0.368 e. The van der Waals surface area contributed by atoms with Crippen molar-refractivity contribution in [2.75, 3.05) is 20.1 Å². The Bertz CT molecular complexity index is 275. The van der Waals surface area contributed by atoms with Crippen LogP contribution in [0.4, 0.5) is 0 Å². The van der Waals surface area contributed by atoms with Crippen LogP contribution in [0.3, 0.4) is 0 Å². The van der Waals surface area contributed by atoms with Crippen molar-refractivity contribution in [2.45, 2.75) is 19.5 Å². The first-order valence-electron chi connectivity index (χ1n) is 4.58. The predicted molar refractivity (Wildman–Crippen MR) is 59.7 cm³/mol. The molecule has 0 aliphatic carbocycles. The number of halogens is 1. The van der Waals surface area contributed by atoms with E-state index in [0.29, 0.717) is 5.96 Å². The third-order valence-corrected chi connectivity index (χ3v) is 2.48. The molecular formula is C8H16ClN5. The van der Waals surface area contributed by atoms with Gasteiger partial charge in [-0.1, -0.05) is 0 Å². The van der Waals surface area contributed by atoms with Gasteiger partial charge in [0.15, 0.2) is 0 Å². The Balaban J connectivity index is 0.000000980. The molecule has 0 unspecified atom stereocenters. The molecule has 0 bridgehead atoms. The highest BCUT2D eigenvalue weighted by Crippen LogP contribution is 2.15. The molecule has 0 aromatic rings. The van der Waals surface area contributed by atoms with Gasteiger partial charge in [0.2, 0.25) is 11.9 Å². The summed E-state index contributed by atoms with van der Waals surface area (Å²) in [6.07, 6.45) is 1.30. The van der Waals surface area contributed by atoms with Crippen molar-refractivity contribution < 1.29 is 0 Å². The van der Waals surface area contributed by atoms with Crippen molar-refractivity contribution in [1.82, 2.24) is 9.80 Å². The second-order valence-corrected chi connectivity index (χ2v) is 3.50. The van der Waals surface area contributed by atoms with Crippen LogP contribution in [-0.4, -0.2) is 48.0 Å². The van der Waals surface area contributed by atoms with E-state index in [1.807, 2.05) is 14.0 Å². The van der Waals surface area contributed by atoms with Crippen LogP contribution in [0, 0.1) is 0 Å². The Morgan fingerprint density at radius 2 is 2.14 bits per heavy atom. The van der Waals surface area contributed by atoms with Crippen LogP contribution in [0.1, 0.15) is 13.3 Å². The molecule has 1 atom stereocenters. The smallest absolute Gasteiger partial charge is 0.220 e. The van der Waals surface area contributed by atoms with Gasteiger partial charge in [0.1, 0.15) is 6.17 Å². The maximum absolute atomic E-state index is 5.60. The Morgan fingerprint density at radius 3 is 2.86 bits per heavy atom. The molecule has 2 rings (SSSR count). The Morgan fingerprint density at radius 1 is 1.43 bits per heavy atom. The standard InChI is InChI=1S/C8H15N5.ClH/c1-6-10-7(9)11-8-12(2)4-3-5-13(6)8;/h6H,3-5H2,1-2H3,(H2,9,10);1H/t6-;/m1./s1. The number of hydrogen-bond donors (Lipinski definition) is 1. The summed E-state index contributed by atoms with van der Waals surface area (Å²) in [5.41, 5.74) is 5.60. The highest BCUT2D eigenvalue weighted by Gasteiger charge is 2.27. The van der Waals surface area contributed by atoms with E-state index in [4.69, 9.17) is 5.73 Å². The molecule has 6 heteroatoms. The summed E-state index contributed by atoms with van der Waals surface area (Å²) < 4.78 is 0. The van der Waals surface area contributed by atoms with Crippen molar-refractivity contribution in [2.24, 2.45) is 15.7 Å². The van der Waals surface area contributed by atoms with Gasteiger partial charge < -0.3 is 15.5 Å². The van der Waals surface area contributed by atoms with Crippen LogP contribution in [-0.2, 0) is 0 Å². The summed E-state index contributed by atoms with van der Waals surface area (Å²) in [5.74, 6) is 1.36.